The maximum Gasteiger partial charge on any atom is 0.221 e. The molecule has 6 nitrogen and oxygen atoms in total. The van der Waals surface area contributed by atoms with Gasteiger partial charge in [0.15, 0.2) is 5.96 Å². The van der Waals surface area contributed by atoms with E-state index in [1.165, 1.54) is 12.1 Å². The number of hydrogen-bond donors (Lipinski definition) is 2. The normalized spacial score (nSPS) is 14.9. The van der Waals surface area contributed by atoms with Gasteiger partial charge in [-0.3, -0.25) is 9.79 Å². The second-order valence-corrected chi connectivity index (χ2v) is 6.40. The zero-order chi connectivity index (χ0) is 18.2. The van der Waals surface area contributed by atoms with Crippen LogP contribution in [-0.4, -0.2) is 62.6 Å². The van der Waals surface area contributed by atoms with E-state index in [1.807, 2.05) is 26.0 Å². The number of piperazine rings is 1. The summed E-state index contributed by atoms with van der Waals surface area (Å²) in [6, 6.07) is 6.76. The van der Waals surface area contributed by atoms with Crippen molar-refractivity contribution in [3.05, 3.63) is 30.1 Å². The lowest BCUT2D eigenvalue weighted by molar-refractivity contribution is -0.121. The minimum absolute atomic E-state index is 0. The molecule has 1 aliphatic rings. The lowest BCUT2D eigenvalue weighted by atomic mass is 10.2. The number of halogens is 2. The van der Waals surface area contributed by atoms with E-state index in [-0.39, 0.29) is 41.7 Å². The molecule has 0 bridgehead atoms. The van der Waals surface area contributed by atoms with Crippen LogP contribution in [0.5, 0.6) is 0 Å². The molecule has 0 aliphatic carbocycles. The highest BCUT2D eigenvalue weighted by atomic mass is 127. The molecule has 0 spiro atoms. The Bertz CT molecular complexity index is 586. The van der Waals surface area contributed by atoms with E-state index in [2.05, 4.69) is 25.4 Å². The van der Waals surface area contributed by atoms with Crippen LogP contribution in [0.2, 0.25) is 0 Å². The predicted octanol–water partition coefficient (Wildman–Crippen LogP) is 2.06. The van der Waals surface area contributed by atoms with Gasteiger partial charge in [-0.1, -0.05) is 0 Å². The fourth-order valence-corrected chi connectivity index (χ4v) is 2.84. The van der Waals surface area contributed by atoms with E-state index in [9.17, 15) is 9.18 Å². The van der Waals surface area contributed by atoms with Crippen LogP contribution in [-0.2, 0) is 4.79 Å². The molecule has 1 aliphatic heterocycles. The first-order valence-electron chi connectivity index (χ1n) is 8.75. The van der Waals surface area contributed by atoms with Crippen molar-refractivity contribution in [1.82, 2.24) is 15.5 Å². The Balaban J connectivity index is 0.00000338. The van der Waals surface area contributed by atoms with Crippen molar-refractivity contribution in [2.24, 2.45) is 4.99 Å². The standard InChI is InChI=1S/C18H28FN5O.HI/c1-14(2)22-17(25)8-9-21-18(20-3)24-12-10-23(11-13-24)16-6-4-15(19)5-7-16;/h4-7,14H,8-13H2,1-3H3,(H,20,21)(H,22,25);1H. The monoisotopic (exact) mass is 477 g/mol. The Morgan fingerprint density at radius 1 is 1.19 bits per heavy atom. The molecule has 0 atom stereocenters. The van der Waals surface area contributed by atoms with Gasteiger partial charge < -0.3 is 20.4 Å². The van der Waals surface area contributed by atoms with E-state index in [1.54, 1.807) is 7.05 Å². The maximum atomic E-state index is 13.0. The van der Waals surface area contributed by atoms with Crippen molar-refractivity contribution in [2.75, 3.05) is 44.7 Å². The van der Waals surface area contributed by atoms with Crippen LogP contribution >= 0.6 is 24.0 Å². The van der Waals surface area contributed by atoms with Gasteiger partial charge in [0.2, 0.25) is 5.91 Å². The van der Waals surface area contributed by atoms with Gasteiger partial charge in [-0.25, -0.2) is 4.39 Å². The summed E-state index contributed by atoms with van der Waals surface area (Å²) >= 11 is 0. The van der Waals surface area contributed by atoms with E-state index in [0.29, 0.717) is 13.0 Å². The van der Waals surface area contributed by atoms with Crippen molar-refractivity contribution in [3.63, 3.8) is 0 Å². The molecule has 0 unspecified atom stereocenters. The van der Waals surface area contributed by atoms with Gasteiger partial charge in [-0.05, 0) is 38.1 Å². The summed E-state index contributed by atoms with van der Waals surface area (Å²) in [7, 11) is 1.75. The van der Waals surface area contributed by atoms with E-state index in [0.717, 1.165) is 37.8 Å². The molecule has 1 heterocycles. The van der Waals surface area contributed by atoms with E-state index in [4.69, 9.17) is 0 Å². The lowest BCUT2D eigenvalue weighted by Gasteiger charge is -2.37. The number of nitrogens with one attached hydrogen (secondary N) is 2. The van der Waals surface area contributed by atoms with Crippen LogP contribution in [0, 0.1) is 5.82 Å². The molecule has 1 saturated heterocycles. The number of carbonyl (C=O) groups is 1. The van der Waals surface area contributed by atoms with Crippen LogP contribution < -0.4 is 15.5 Å². The summed E-state index contributed by atoms with van der Waals surface area (Å²) in [5.41, 5.74) is 1.04. The van der Waals surface area contributed by atoms with Crippen LogP contribution in [0.25, 0.3) is 0 Å². The summed E-state index contributed by atoms with van der Waals surface area (Å²) in [6.07, 6.45) is 0.423. The Kier molecular flexibility index (Phi) is 9.68. The molecule has 0 aromatic heterocycles. The van der Waals surface area contributed by atoms with Gasteiger partial charge in [-0.2, -0.15) is 0 Å². The van der Waals surface area contributed by atoms with Gasteiger partial charge in [0.1, 0.15) is 5.82 Å². The van der Waals surface area contributed by atoms with Gasteiger partial charge in [0.25, 0.3) is 0 Å². The summed E-state index contributed by atoms with van der Waals surface area (Å²) in [5.74, 6) is 0.642. The highest BCUT2D eigenvalue weighted by Gasteiger charge is 2.19. The quantitative estimate of drug-likeness (QED) is 0.388. The van der Waals surface area contributed by atoms with E-state index < -0.39 is 0 Å². The third-order valence-electron chi connectivity index (χ3n) is 4.07. The van der Waals surface area contributed by atoms with Crippen LogP contribution in [0.4, 0.5) is 10.1 Å². The van der Waals surface area contributed by atoms with Crippen molar-refractivity contribution in [1.29, 1.82) is 0 Å². The highest BCUT2D eigenvalue weighted by Crippen LogP contribution is 2.16. The van der Waals surface area contributed by atoms with Gasteiger partial charge in [-0.15, -0.1) is 24.0 Å². The predicted molar refractivity (Wildman–Crippen MR) is 115 cm³/mol. The van der Waals surface area contributed by atoms with Crippen molar-refractivity contribution >= 4 is 41.5 Å². The minimum atomic E-state index is -0.214. The average molecular weight is 477 g/mol. The number of hydrogen-bond acceptors (Lipinski definition) is 3. The summed E-state index contributed by atoms with van der Waals surface area (Å²) in [4.78, 5) is 20.4. The Hall–Kier alpha value is -1.58. The smallest absolute Gasteiger partial charge is 0.221 e. The lowest BCUT2D eigenvalue weighted by Crippen LogP contribution is -2.53. The van der Waals surface area contributed by atoms with Crippen LogP contribution in [0.1, 0.15) is 20.3 Å². The largest absolute Gasteiger partial charge is 0.368 e. The fraction of sp³-hybridized carbons (Fsp3) is 0.556. The highest BCUT2D eigenvalue weighted by molar-refractivity contribution is 14.0. The zero-order valence-electron chi connectivity index (χ0n) is 15.7. The summed E-state index contributed by atoms with van der Waals surface area (Å²) in [5, 5.41) is 6.13. The third-order valence-corrected chi connectivity index (χ3v) is 4.07. The number of rotatable bonds is 5. The molecule has 2 N–H and O–H groups in total. The molecule has 1 amide bonds. The number of guanidine groups is 1. The summed E-state index contributed by atoms with van der Waals surface area (Å²) < 4.78 is 13.0. The minimum Gasteiger partial charge on any atom is -0.368 e. The molecule has 0 saturated carbocycles. The summed E-state index contributed by atoms with van der Waals surface area (Å²) in [6.45, 7) is 7.81. The number of amides is 1. The first-order chi connectivity index (χ1) is 12.0. The number of carbonyl (C=O) groups excluding carboxylic acids is 1. The van der Waals surface area contributed by atoms with E-state index >= 15 is 0 Å². The Morgan fingerprint density at radius 2 is 1.81 bits per heavy atom. The average Bonchev–Trinajstić information content (AvgIpc) is 2.59. The molecule has 8 heteroatoms. The van der Waals surface area contributed by atoms with Crippen molar-refractivity contribution in [3.8, 4) is 0 Å². The first kappa shape index (κ1) is 22.5. The van der Waals surface area contributed by atoms with Gasteiger partial charge >= 0.3 is 0 Å². The SMILES string of the molecule is CN=C(NCCC(=O)NC(C)C)N1CCN(c2ccc(F)cc2)CC1.I. The third kappa shape index (κ3) is 6.97. The molecular weight excluding hydrogens is 448 g/mol. The fourth-order valence-electron chi connectivity index (χ4n) is 2.84. The Labute approximate surface area is 172 Å². The zero-order valence-corrected chi connectivity index (χ0v) is 18.0. The second-order valence-electron chi connectivity index (χ2n) is 6.40. The topological polar surface area (TPSA) is 60.0 Å². The second kappa shape index (κ2) is 11.2. The maximum absolute atomic E-state index is 13.0. The van der Waals surface area contributed by atoms with Crippen LogP contribution in [0.15, 0.2) is 29.3 Å². The number of aliphatic imine (C=N–C) groups is 1. The molecule has 1 aromatic carbocycles. The molecule has 146 valence electrons. The molecule has 26 heavy (non-hydrogen) atoms. The van der Waals surface area contributed by atoms with Crippen molar-refractivity contribution < 1.29 is 9.18 Å². The first-order valence-corrected chi connectivity index (χ1v) is 8.75. The molecule has 0 radical (unpaired) electrons. The van der Waals surface area contributed by atoms with Crippen LogP contribution in [0.3, 0.4) is 0 Å². The number of benzene rings is 1. The molecule has 1 aromatic rings. The molecular formula is C18H29FIN5O. The van der Waals surface area contributed by atoms with Gasteiger partial charge in [0.05, 0.1) is 0 Å². The molecule has 2 rings (SSSR count). The number of nitrogens with zero attached hydrogens (tertiary/aromatic N) is 3. The number of anilines is 1. The Morgan fingerprint density at radius 3 is 2.35 bits per heavy atom. The molecule has 1 fully saturated rings. The van der Waals surface area contributed by atoms with Gasteiger partial charge in [0, 0.05) is 57.9 Å². The van der Waals surface area contributed by atoms with Crippen molar-refractivity contribution in [2.45, 2.75) is 26.3 Å².